The van der Waals surface area contributed by atoms with Crippen LogP contribution in [0, 0.1) is 3.57 Å². The Kier molecular flexibility index (Phi) is 4.86. The highest BCUT2D eigenvalue weighted by Crippen LogP contribution is 2.34. The Bertz CT molecular complexity index is 366. The highest BCUT2D eigenvalue weighted by atomic mass is 127. The fraction of sp³-hybridized carbons (Fsp3) is 0.364. The maximum Gasteiger partial charge on any atom is 0.152 e. The lowest BCUT2D eigenvalue weighted by Gasteiger charge is -2.14. The molecule has 0 aliphatic rings. The molecule has 0 radical (unpaired) electrons. The van der Waals surface area contributed by atoms with E-state index in [0.717, 1.165) is 9.13 Å². The van der Waals surface area contributed by atoms with Gasteiger partial charge in [0.25, 0.3) is 0 Å². The topological polar surface area (TPSA) is 26.3 Å². The van der Waals surface area contributed by atoms with E-state index in [4.69, 9.17) is 16.3 Å². The van der Waals surface area contributed by atoms with E-state index >= 15 is 0 Å². The third kappa shape index (κ3) is 3.08. The summed E-state index contributed by atoms with van der Waals surface area (Å²) in [7, 11) is 0. The molecular formula is C11H12ClIO2. The Morgan fingerprint density at radius 3 is 2.80 bits per heavy atom. The van der Waals surface area contributed by atoms with Gasteiger partial charge in [0.05, 0.1) is 6.61 Å². The molecular weight excluding hydrogens is 326 g/mol. The van der Waals surface area contributed by atoms with E-state index in [1.807, 2.05) is 25.1 Å². The summed E-state index contributed by atoms with van der Waals surface area (Å²) in [4.78, 5) is 11.3. The average Bonchev–Trinajstić information content (AvgIpc) is 2.17. The van der Waals surface area contributed by atoms with Crippen molar-refractivity contribution in [1.82, 2.24) is 0 Å². The second-order valence-electron chi connectivity index (χ2n) is 3.06. The van der Waals surface area contributed by atoms with Crippen LogP contribution >= 0.6 is 34.2 Å². The molecule has 1 unspecified atom stereocenters. The highest BCUT2D eigenvalue weighted by molar-refractivity contribution is 14.1. The molecule has 0 N–H and O–H groups in total. The molecule has 0 bridgehead atoms. The lowest BCUT2D eigenvalue weighted by molar-refractivity contribution is -0.116. The van der Waals surface area contributed by atoms with E-state index < -0.39 is 5.38 Å². The molecule has 0 heterocycles. The molecule has 0 fully saturated rings. The number of rotatable bonds is 4. The number of hydrogen-bond acceptors (Lipinski definition) is 2. The molecule has 0 amide bonds. The number of ketones is 1. The van der Waals surface area contributed by atoms with Crippen LogP contribution in [-0.4, -0.2) is 12.4 Å². The minimum Gasteiger partial charge on any atom is -0.493 e. The smallest absolute Gasteiger partial charge is 0.152 e. The molecule has 15 heavy (non-hydrogen) atoms. The standard InChI is InChI=1S/C11H12ClIO2/c1-3-15-9-6-4-5-8(13)10(9)11(12)7(2)14/h4-6,11H,3H2,1-2H3. The van der Waals surface area contributed by atoms with Crippen LogP contribution in [0.15, 0.2) is 18.2 Å². The minimum atomic E-state index is -0.625. The zero-order valence-electron chi connectivity index (χ0n) is 8.59. The first kappa shape index (κ1) is 12.8. The molecule has 2 nitrogen and oxygen atoms in total. The Balaban J connectivity index is 3.17. The summed E-state index contributed by atoms with van der Waals surface area (Å²) in [5.74, 6) is 0.626. The van der Waals surface area contributed by atoms with Crippen molar-refractivity contribution in [3.05, 3.63) is 27.3 Å². The Morgan fingerprint density at radius 1 is 1.60 bits per heavy atom. The molecule has 0 saturated carbocycles. The molecule has 82 valence electrons. The summed E-state index contributed by atoms with van der Waals surface area (Å²) in [5.41, 5.74) is 0.772. The molecule has 0 aromatic heterocycles. The van der Waals surface area contributed by atoms with Gasteiger partial charge in [-0.2, -0.15) is 0 Å². The Hall–Kier alpha value is -0.290. The van der Waals surface area contributed by atoms with Crippen molar-refractivity contribution in [2.45, 2.75) is 19.2 Å². The largest absolute Gasteiger partial charge is 0.493 e. The van der Waals surface area contributed by atoms with E-state index in [1.54, 1.807) is 0 Å². The van der Waals surface area contributed by atoms with Gasteiger partial charge in [-0.1, -0.05) is 6.07 Å². The highest BCUT2D eigenvalue weighted by Gasteiger charge is 2.20. The lowest BCUT2D eigenvalue weighted by atomic mass is 10.1. The number of carbonyl (C=O) groups excluding carboxylic acids is 1. The normalized spacial score (nSPS) is 12.3. The van der Waals surface area contributed by atoms with Gasteiger partial charge >= 0.3 is 0 Å². The third-order valence-electron chi connectivity index (χ3n) is 1.92. The van der Waals surface area contributed by atoms with Gasteiger partial charge in [-0.3, -0.25) is 4.79 Å². The van der Waals surface area contributed by atoms with E-state index in [-0.39, 0.29) is 5.78 Å². The second kappa shape index (κ2) is 5.70. The number of benzene rings is 1. The van der Waals surface area contributed by atoms with Crippen molar-refractivity contribution in [3.63, 3.8) is 0 Å². The molecule has 1 atom stereocenters. The van der Waals surface area contributed by atoms with Gasteiger partial charge in [-0.15, -0.1) is 11.6 Å². The predicted octanol–water partition coefficient (Wildman–Crippen LogP) is 3.56. The summed E-state index contributed by atoms with van der Waals surface area (Å²) in [5, 5.41) is -0.625. The molecule has 0 saturated heterocycles. The van der Waals surface area contributed by atoms with Gasteiger partial charge in [0.1, 0.15) is 11.1 Å². The van der Waals surface area contributed by atoms with Crippen LogP contribution in [0.1, 0.15) is 24.8 Å². The number of carbonyl (C=O) groups is 1. The van der Waals surface area contributed by atoms with Crippen LogP contribution in [0.5, 0.6) is 5.75 Å². The molecule has 0 aliphatic heterocycles. The van der Waals surface area contributed by atoms with Crippen molar-refractivity contribution in [2.75, 3.05) is 6.61 Å². The van der Waals surface area contributed by atoms with Crippen LogP contribution in [0.25, 0.3) is 0 Å². The van der Waals surface area contributed by atoms with E-state index in [2.05, 4.69) is 22.6 Å². The van der Waals surface area contributed by atoms with Crippen LogP contribution in [-0.2, 0) is 4.79 Å². The molecule has 1 rings (SSSR count). The van der Waals surface area contributed by atoms with Gasteiger partial charge in [0.15, 0.2) is 5.78 Å². The fourth-order valence-electron chi connectivity index (χ4n) is 1.25. The van der Waals surface area contributed by atoms with Crippen LogP contribution in [0.3, 0.4) is 0 Å². The zero-order valence-corrected chi connectivity index (χ0v) is 11.5. The van der Waals surface area contributed by atoms with E-state index in [0.29, 0.717) is 12.4 Å². The lowest BCUT2D eigenvalue weighted by Crippen LogP contribution is -2.07. The van der Waals surface area contributed by atoms with Gasteiger partial charge in [-0.25, -0.2) is 0 Å². The summed E-state index contributed by atoms with van der Waals surface area (Å²) in [6, 6.07) is 5.63. The third-order valence-corrected chi connectivity index (χ3v) is 3.39. The molecule has 1 aromatic rings. The Morgan fingerprint density at radius 2 is 2.27 bits per heavy atom. The number of halogens is 2. The number of ether oxygens (including phenoxy) is 1. The second-order valence-corrected chi connectivity index (χ2v) is 4.66. The average molecular weight is 339 g/mol. The van der Waals surface area contributed by atoms with Crippen LogP contribution in [0.2, 0.25) is 0 Å². The summed E-state index contributed by atoms with van der Waals surface area (Å²) in [6.07, 6.45) is 0. The summed E-state index contributed by atoms with van der Waals surface area (Å²) in [6.45, 7) is 3.95. The first-order valence-corrected chi connectivity index (χ1v) is 6.15. The van der Waals surface area contributed by atoms with E-state index in [1.165, 1.54) is 6.92 Å². The maximum atomic E-state index is 11.3. The fourth-order valence-corrected chi connectivity index (χ4v) is 2.44. The zero-order chi connectivity index (χ0) is 11.4. The predicted molar refractivity (Wildman–Crippen MR) is 69.6 cm³/mol. The molecule has 0 aliphatic carbocycles. The number of hydrogen-bond donors (Lipinski definition) is 0. The van der Waals surface area contributed by atoms with Crippen LogP contribution in [0.4, 0.5) is 0 Å². The van der Waals surface area contributed by atoms with Crippen molar-refractivity contribution in [3.8, 4) is 5.75 Å². The number of Topliss-reactive ketones (excluding diaryl/α,β-unsaturated/α-hetero) is 1. The monoisotopic (exact) mass is 338 g/mol. The first-order valence-electron chi connectivity index (χ1n) is 4.63. The number of alkyl halides is 1. The summed E-state index contributed by atoms with van der Waals surface area (Å²) < 4.78 is 6.40. The summed E-state index contributed by atoms with van der Waals surface area (Å²) >= 11 is 8.21. The van der Waals surface area contributed by atoms with Crippen molar-refractivity contribution < 1.29 is 9.53 Å². The SMILES string of the molecule is CCOc1cccc(I)c1C(Cl)C(C)=O. The quantitative estimate of drug-likeness (QED) is 0.620. The van der Waals surface area contributed by atoms with Gasteiger partial charge < -0.3 is 4.74 Å². The molecule has 0 spiro atoms. The first-order chi connectivity index (χ1) is 7.07. The molecule has 1 aromatic carbocycles. The van der Waals surface area contributed by atoms with Gasteiger partial charge in [-0.05, 0) is 48.6 Å². The van der Waals surface area contributed by atoms with Gasteiger partial charge in [0, 0.05) is 9.13 Å². The maximum absolute atomic E-state index is 11.3. The van der Waals surface area contributed by atoms with Crippen molar-refractivity contribution in [1.29, 1.82) is 0 Å². The van der Waals surface area contributed by atoms with Crippen molar-refractivity contribution in [2.24, 2.45) is 0 Å². The van der Waals surface area contributed by atoms with Crippen LogP contribution < -0.4 is 4.74 Å². The van der Waals surface area contributed by atoms with Crippen molar-refractivity contribution >= 4 is 40.0 Å². The minimum absolute atomic E-state index is 0.0678. The van der Waals surface area contributed by atoms with Gasteiger partial charge in [0.2, 0.25) is 0 Å². The molecule has 4 heteroatoms. The van der Waals surface area contributed by atoms with E-state index in [9.17, 15) is 4.79 Å². The Labute approximate surface area is 108 Å².